The lowest BCUT2D eigenvalue weighted by atomic mass is 10.0. The van der Waals surface area contributed by atoms with Crippen LogP contribution in [0.3, 0.4) is 0 Å². The molecule has 1 aromatic heterocycles. The number of rotatable bonds is 13. The van der Waals surface area contributed by atoms with E-state index in [1.54, 1.807) is 0 Å². The van der Waals surface area contributed by atoms with Crippen LogP contribution in [-0.4, -0.2) is 86.4 Å². The summed E-state index contributed by atoms with van der Waals surface area (Å²) in [5.41, 5.74) is 6.24. The summed E-state index contributed by atoms with van der Waals surface area (Å²) < 4.78 is 0. The summed E-state index contributed by atoms with van der Waals surface area (Å²) in [5, 5.41) is 34.5. The van der Waals surface area contributed by atoms with Crippen LogP contribution in [0, 0.1) is 5.92 Å². The summed E-state index contributed by atoms with van der Waals surface area (Å²) in [6.45, 7) is 2.14. The number of carboxylic acid groups (broad SMARTS) is 1. The van der Waals surface area contributed by atoms with E-state index in [-0.39, 0.29) is 12.3 Å². The van der Waals surface area contributed by atoms with Gasteiger partial charge in [-0.25, -0.2) is 9.78 Å². The maximum atomic E-state index is 12.6. The molecule has 1 rings (SSSR count). The molecule has 0 bridgehead atoms. The number of nitrogens with two attached hydrogens (primary N) is 1. The summed E-state index contributed by atoms with van der Waals surface area (Å²) in [5.74, 6) is -3.71. The third-order valence-corrected chi connectivity index (χ3v) is 4.29. The van der Waals surface area contributed by atoms with E-state index < -0.39 is 61.1 Å². The molecule has 1 aromatic rings. The number of imidazole rings is 1. The van der Waals surface area contributed by atoms with E-state index in [0.717, 1.165) is 0 Å². The summed E-state index contributed by atoms with van der Waals surface area (Å²) in [4.78, 5) is 54.9. The minimum absolute atomic E-state index is 0.0890. The maximum Gasteiger partial charge on any atom is 0.328 e. The topological polar surface area (TPSA) is 220 Å². The van der Waals surface area contributed by atoms with E-state index in [4.69, 9.17) is 15.9 Å². The lowest BCUT2D eigenvalue weighted by Crippen LogP contribution is -2.59. The first kappa shape index (κ1) is 26.0. The third-order valence-electron chi connectivity index (χ3n) is 4.29. The van der Waals surface area contributed by atoms with Crippen LogP contribution in [0.15, 0.2) is 12.5 Å². The second-order valence-electron chi connectivity index (χ2n) is 7.40. The standard InChI is InChI=1S/C18H30N6O7/c1-9(2)3-11(19)15(27)23-13(6-25)17(29)22-12(4-10-5-20-8-21-10)16(28)24-14(7-26)18(30)31/h5,8-9,11-14,25-26H,3-4,6-7,19H2,1-2H3,(H,20,21)(H,22,29)(H,23,27)(H,24,28)(H,30,31). The summed E-state index contributed by atoms with van der Waals surface area (Å²) in [6.07, 6.45) is 3.04. The number of aromatic nitrogens is 2. The quantitative estimate of drug-likeness (QED) is 0.154. The molecule has 9 N–H and O–H groups in total. The summed E-state index contributed by atoms with van der Waals surface area (Å²) >= 11 is 0. The summed E-state index contributed by atoms with van der Waals surface area (Å²) in [7, 11) is 0. The zero-order chi connectivity index (χ0) is 23.6. The number of H-pyrrole nitrogens is 1. The first-order valence-electron chi connectivity index (χ1n) is 9.67. The molecule has 0 saturated heterocycles. The molecule has 174 valence electrons. The minimum Gasteiger partial charge on any atom is -0.480 e. The largest absolute Gasteiger partial charge is 0.480 e. The molecule has 0 saturated carbocycles. The lowest BCUT2D eigenvalue weighted by molar-refractivity contribution is -0.143. The van der Waals surface area contributed by atoms with Crippen molar-refractivity contribution in [3.63, 3.8) is 0 Å². The molecule has 0 aliphatic carbocycles. The SMILES string of the molecule is CC(C)CC(N)C(=O)NC(CO)C(=O)NC(Cc1cnc[nH]1)C(=O)NC(CO)C(=O)O. The van der Waals surface area contributed by atoms with Crippen molar-refractivity contribution in [3.8, 4) is 0 Å². The van der Waals surface area contributed by atoms with Gasteiger partial charge in [-0.15, -0.1) is 0 Å². The molecular formula is C18H30N6O7. The molecule has 13 nitrogen and oxygen atoms in total. The number of aliphatic carboxylic acids is 1. The van der Waals surface area contributed by atoms with Crippen molar-refractivity contribution >= 4 is 23.7 Å². The van der Waals surface area contributed by atoms with Gasteiger partial charge in [-0.05, 0) is 12.3 Å². The number of hydrogen-bond acceptors (Lipinski definition) is 8. The van der Waals surface area contributed by atoms with Crippen LogP contribution in [-0.2, 0) is 25.6 Å². The van der Waals surface area contributed by atoms with Crippen molar-refractivity contribution in [2.24, 2.45) is 11.7 Å². The Balaban J connectivity index is 2.89. The Kier molecular flexibility index (Phi) is 10.6. The van der Waals surface area contributed by atoms with Crippen LogP contribution in [0.1, 0.15) is 26.0 Å². The van der Waals surface area contributed by atoms with Gasteiger partial charge < -0.3 is 42.0 Å². The van der Waals surface area contributed by atoms with Crippen molar-refractivity contribution in [1.29, 1.82) is 0 Å². The highest BCUT2D eigenvalue weighted by Crippen LogP contribution is 2.04. The van der Waals surface area contributed by atoms with Crippen LogP contribution >= 0.6 is 0 Å². The fourth-order valence-corrected chi connectivity index (χ4v) is 2.64. The van der Waals surface area contributed by atoms with Gasteiger partial charge in [0.1, 0.15) is 18.1 Å². The van der Waals surface area contributed by atoms with Crippen molar-refractivity contribution in [1.82, 2.24) is 25.9 Å². The number of aliphatic hydroxyl groups excluding tert-OH is 2. The van der Waals surface area contributed by atoms with Gasteiger partial charge >= 0.3 is 5.97 Å². The van der Waals surface area contributed by atoms with E-state index in [0.29, 0.717) is 12.1 Å². The number of aliphatic hydroxyl groups is 2. The number of amides is 3. The number of nitrogens with one attached hydrogen (secondary N) is 4. The zero-order valence-corrected chi connectivity index (χ0v) is 17.4. The van der Waals surface area contributed by atoms with Gasteiger partial charge in [0, 0.05) is 18.3 Å². The van der Waals surface area contributed by atoms with Crippen LogP contribution < -0.4 is 21.7 Å². The van der Waals surface area contributed by atoms with Gasteiger partial charge in [0.05, 0.1) is 25.6 Å². The lowest BCUT2D eigenvalue weighted by Gasteiger charge is -2.24. The Bertz CT molecular complexity index is 740. The van der Waals surface area contributed by atoms with Crippen LogP contribution in [0.4, 0.5) is 0 Å². The molecule has 0 aliphatic rings. The van der Waals surface area contributed by atoms with Crippen molar-refractivity contribution in [2.75, 3.05) is 13.2 Å². The molecular weight excluding hydrogens is 412 g/mol. The average molecular weight is 442 g/mol. The van der Waals surface area contributed by atoms with Crippen molar-refractivity contribution < 1.29 is 34.5 Å². The summed E-state index contributed by atoms with van der Waals surface area (Å²) in [6, 6.07) is -5.12. The molecule has 0 aromatic carbocycles. The minimum atomic E-state index is -1.57. The van der Waals surface area contributed by atoms with Crippen LogP contribution in [0.25, 0.3) is 0 Å². The second kappa shape index (κ2) is 12.6. The fraction of sp³-hybridized carbons (Fsp3) is 0.611. The number of aromatic amines is 1. The second-order valence-corrected chi connectivity index (χ2v) is 7.40. The zero-order valence-electron chi connectivity index (χ0n) is 17.4. The predicted octanol–water partition coefficient (Wildman–Crippen LogP) is -3.15. The molecule has 13 heteroatoms. The molecule has 31 heavy (non-hydrogen) atoms. The van der Waals surface area contributed by atoms with Crippen molar-refractivity contribution in [2.45, 2.75) is 50.9 Å². The van der Waals surface area contributed by atoms with Gasteiger partial charge in [-0.3, -0.25) is 14.4 Å². The van der Waals surface area contributed by atoms with Gasteiger partial charge in [0.2, 0.25) is 17.7 Å². The fourth-order valence-electron chi connectivity index (χ4n) is 2.64. The molecule has 3 amide bonds. The van der Waals surface area contributed by atoms with Gasteiger partial charge in [0.15, 0.2) is 0 Å². The number of carboxylic acids is 1. The van der Waals surface area contributed by atoms with E-state index in [2.05, 4.69) is 25.9 Å². The highest BCUT2D eigenvalue weighted by Gasteiger charge is 2.30. The highest BCUT2D eigenvalue weighted by molar-refractivity contribution is 5.94. The number of nitrogens with zero attached hydrogens (tertiary/aromatic N) is 1. The van der Waals surface area contributed by atoms with Crippen LogP contribution in [0.5, 0.6) is 0 Å². The molecule has 0 fully saturated rings. The maximum absolute atomic E-state index is 12.6. The Hall–Kier alpha value is -3.03. The predicted molar refractivity (Wildman–Crippen MR) is 107 cm³/mol. The first-order chi connectivity index (χ1) is 14.6. The van der Waals surface area contributed by atoms with Gasteiger partial charge in [0.25, 0.3) is 0 Å². The van der Waals surface area contributed by atoms with E-state index in [9.17, 15) is 24.3 Å². The molecule has 0 spiro atoms. The van der Waals surface area contributed by atoms with E-state index in [1.165, 1.54) is 12.5 Å². The molecule has 4 unspecified atom stereocenters. The Morgan fingerprint density at radius 3 is 2.03 bits per heavy atom. The van der Waals surface area contributed by atoms with E-state index >= 15 is 0 Å². The van der Waals surface area contributed by atoms with Gasteiger partial charge in [-0.1, -0.05) is 13.8 Å². The van der Waals surface area contributed by atoms with Crippen LogP contribution in [0.2, 0.25) is 0 Å². The first-order valence-corrected chi connectivity index (χ1v) is 9.67. The Morgan fingerprint density at radius 1 is 1.00 bits per heavy atom. The molecule has 0 aliphatic heterocycles. The number of carbonyl (C=O) groups is 4. The highest BCUT2D eigenvalue weighted by atomic mass is 16.4. The third kappa shape index (κ3) is 8.70. The normalized spacial score (nSPS) is 14.9. The average Bonchev–Trinajstić information content (AvgIpc) is 3.21. The molecule has 1 heterocycles. The molecule has 0 radical (unpaired) electrons. The molecule has 4 atom stereocenters. The number of carbonyl (C=O) groups excluding carboxylic acids is 3. The van der Waals surface area contributed by atoms with Gasteiger partial charge in [-0.2, -0.15) is 0 Å². The Labute approximate surface area is 178 Å². The van der Waals surface area contributed by atoms with Crippen molar-refractivity contribution in [3.05, 3.63) is 18.2 Å². The number of hydrogen-bond donors (Lipinski definition) is 8. The Morgan fingerprint density at radius 2 is 1.55 bits per heavy atom. The van der Waals surface area contributed by atoms with E-state index in [1.807, 2.05) is 13.8 Å². The smallest absolute Gasteiger partial charge is 0.328 e. The monoisotopic (exact) mass is 442 g/mol.